The molecule has 1 aromatic carbocycles. The van der Waals surface area contributed by atoms with E-state index in [1.165, 1.54) is 11.3 Å². The number of carbonyl (C=O) groups excluding carboxylic acids is 1. The molecular formula is C18H21ClN4OS. The third-order valence-electron chi connectivity index (χ3n) is 4.41. The van der Waals surface area contributed by atoms with Gasteiger partial charge in [0.05, 0.1) is 16.3 Å². The molecule has 1 aliphatic heterocycles. The summed E-state index contributed by atoms with van der Waals surface area (Å²) >= 11 is 1.53. The minimum atomic E-state index is 0. The number of nitrogens with zero attached hydrogens (tertiary/aromatic N) is 3. The van der Waals surface area contributed by atoms with Crippen LogP contribution in [-0.4, -0.2) is 46.3 Å². The molecule has 0 spiro atoms. The number of benzene rings is 1. The molecule has 4 rings (SSSR count). The summed E-state index contributed by atoms with van der Waals surface area (Å²) in [6.45, 7) is 6.49. The maximum absolute atomic E-state index is 12.9. The average molecular weight is 377 g/mol. The molecule has 7 heteroatoms. The molecule has 0 bridgehead atoms. The first-order valence-electron chi connectivity index (χ1n) is 8.21. The summed E-state index contributed by atoms with van der Waals surface area (Å²) in [7, 11) is 0. The van der Waals surface area contributed by atoms with Crippen molar-refractivity contribution in [2.24, 2.45) is 0 Å². The van der Waals surface area contributed by atoms with E-state index in [1.54, 1.807) is 0 Å². The summed E-state index contributed by atoms with van der Waals surface area (Å²) in [5, 5.41) is 9.08. The lowest BCUT2D eigenvalue weighted by Gasteiger charge is -2.31. The number of para-hydroxylation sites is 1. The second-order valence-electron chi connectivity index (χ2n) is 6.27. The van der Waals surface area contributed by atoms with Crippen molar-refractivity contribution in [3.63, 3.8) is 0 Å². The molecular weight excluding hydrogens is 356 g/mol. The van der Waals surface area contributed by atoms with Gasteiger partial charge in [-0.2, -0.15) is 5.10 Å². The van der Waals surface area contributed by atoms with Gasteiger partial charge in [-0.1, -0.05) is 18.2 Å². The van der Waals surface area contributed by atoms with E-state index in [0.717, 1.165) is 46.1 Å². The Labute approximate surface area is 157 Å². The molecule has 3 aromatic rings. The highest BCUT2D eigenvalue weighted by Crippen LogP contribution is 2.31. The lowest BCUT2D eigenvalue weighted by Crippen LogP contribution is -2.51. The van der Waals surface area contributed by atoms with Gasteiger partial charge in [0.15, 0.2) is 0 Å². The highest BCUT2D eigenvalue weighted by atomic mass is 35.5. The largest absolute Gasteiger partial charge is 0.335 e. The fourth-order valence-corrected chi connectivity index (χ4v) is 4.32. The molecule has 25 heavy (non-hydrogen) atoms. The first kappa shape index (κ1) is 17.9. The van der Waals surface area contributed by atoms with E-state index < -0.39 is 0 Å². The summed E-state index contributed by atoms with van der Waals surface area (Å²) in [4.78, 5) is 16.6. The van der Waals surface area contributed by atoms with Crippen LogP contribution in [0, 0.1) is 6.92 Å². The van der Waals surface area contributed by atoms with Crippen LogP contribution in [0.15, 0.2) is 36.4 Å². The van der Waals surface area contributed by atoms with Crippen LogP contribution in [0.4, 0.5) is 0 Å². The number of thiophene rings is 1. The van der Waals surface area contributed by atoms with Gasteiger partial charge in [0.25, 0.3) is 5.91 Å². The van der Waals surface area contributed by atoms with Gasteiger partial charge in [-0.15, -0.1) is 23.7 Å². The molecule has 0 radical (unpaired) electrons. The molecule has 0 aliphatic carbocycles. The number of nitrogens with one attached hydrogen (secondary N) is 1. The van der Waals surface area contributed by atoms with Gasteiger partial charge >= 0.3 is 0 Å². The number of rotatable bonds is 2. The van der Waals surface area contributed by atoms with Crippen molar-refractivity contribution in [3.05, 3.63) is 47.0 Å². The van der Waals surface area contributed by atoms with E-state index in [-0.39, 0.29) is 18.3 Å². The summed E-state index contributed by atoms with van der Waals surface area (Å²) in [6.07, 6.45) is 0. The third kappa shape index (κ3) is 3.29. The molecule has 1 amide bonds. The van der Waals surface area contributed by atoms with Crippen molar-refractivity contribution in [2.45, 2.75) is 19.9 Å². The van der Waals surface area contributed by atoms with Crippen LogP contribution >= 0.6 is 23.7 Å². The Morgan fingerprint density at radius 1 is 1.32 bits per heavy atom. The molecule has 3 heterocycles. The number of fused-ring (bicyclic) bond motifs is 1. The lowest BCUT2D eigenvalue weighted by molar-refractivity contribution is 0.0714. The van der Waals surface area contributed by atoms with Crippen LogP contribution in [0.3, 0.4) is 0 Å². The zero-order valence-corrected chi connectivity index (χ0v) is 15.9. The third-order valence-corrected chi connectivity index (χ3v) is 5.51. The fourth-order valence-electron chi connectivity index (χ4n) is 3.17. The van der Waals surface area contributed by atoms with Crippen molar-refractivity contribution < 1.29 is 4.79 Å². The van der Waals surface area contributed by atoms with Gasteiger partial charge in [-0.05, 0) is 32.0 Å². The summed E-state index contributed by atoms with van der Waals surface area (Å²) < 4.78 is 1.94. The van der Waals surface area contributed by atoms with E-state index >= 15 is 0 Å². The highest BCUT2D eigenvalue weighted by molar-refractivity contribution is 7.20. The number of amides is 1. The Morgan fingerprint density at radius 2 is 2.08 bits per heavy atom. The number of carbonyl (C=O) groups is 1. The zero-order valence-electron chi connectivity index (χ0n) is 14.2. The van der Waals surface area contributed by atoms with Crippen LogP contribution in [-0.2, 0) is 0 Å². The van der Waals surface area contributed by atoms with Crippen molar-refractivity contribution >= 4 is 39.9 Å². The van der Waals surface area contributed by atoms with Crippen molar-refractivity contribution in [3.8, 4) is 5.69 Å². The topological polar surface area (TPSA) is 50.2 Å². The molecule has 1 fully saturated rings. The van der Waals surface area contributed by atoms with Gasteiger partial charge in [0.2, 0.25) is 0 Å². The average Bonchev–Trinajstić information content (AvgIpc) is 3.16. The Balaban J connectivity index is 0.00000182. The lowest BCUT2D eigenvalue weighted by atomic mass is 10.2. The maximum atomic E-state index is 12.9. The normalized spacial score (nSPS) is 17.5. The van der Waals surface area contributed by atoms with E-state index in [9.17, 15) is 4.79 Å². The molecule has 132 valence electrons. The maximum Gasteiger partial charge on any atom is 0.264 e. The van der Waals surface area contributed by atoms with E-state index in [0.29, 0.717) is 6.04 Å². The van der Waals surface area contributed by atoms with Crippen LogP contribution in [0.25, 0.3) is 15.9 Å². The Bertz CT molecular complexity index is 889. The number of halogens is 1. The van der Waals surface area contributed by atoms with Crippen LogP contribution in [0.2, 0.25) is 0 Å². The smallest absolute Gasteiger partial charge is 0.264 e. The van der Waals surface area contributed by atoms with Crippen molar-refractivity contribution in [1.29, 1.82) is 0 Å². The highest BCUT2D eigenvalue weighted by Gasteiger charge is 2.24. The van der Waals surface area contributed by atoms with Crippen molar-refractivity contribution in [2.75, 3.05) is 19.6 Å². The van der Waals surface area contributed by atoms with E-state index in [2.05, 4.69) is 17.3 Å². The summed E-state index contributed by atoms with van der Waals surface area (Å²) in [5.74, 6) is 0.128. The van der Waals surface area contributed by atoms with E-state index in [1.807, 2.05) is 52.9 Å². The molecule has 1 aliphatic rings. The minimum absolute atomic E-state index is 0. The Morgan fingerprint density at radius 3 is 2.80 bits per heavy atom. The Hall–Kier alpha value is -1.89. The quantitative estimate of drug-likeness (QED) is 0.746. The molecule has 1 saturated heterocycles. The van der Waals surface area contributed by atoms with Gasteiger partial charge in [-0.25, -0.2) is 4.68 Å². The monoisotopic (exact) mass is 376 g/mol. The summed E-state index contributed by atoms with van der Waals surface area (Å²) in [6, 6.07) is 12.4. The van der Waals surface area contributed by atoms with Gasteiger partial charge in [-0.3, -0.25) is 4.79 Å². The number of piperazine rings is 1. The van der Waals surface area contributed by atoms with Crippen molar-refractivity contribution in [1.82, 2.24) is 20.0 Å². The number of hydrogen-bond acceptors (Lipinski definition) is 4. The molecule has 2 aromatic heterocycles. The standard InChI is InChI=1S/C18H20N4OS.ClH/c1-12-11-21(9-8-19-12)17(23)16-10-15-13(2)20-22(18(15)24-16)14-6-4-3-5-7-14;/h3-7,10,12,19H,8-9,11H2,1-2H3;1H. The first-order chi connectivity index (χ1) is 11.6. The zero-order chi connectivity index (χ0) is 16.7. The predicted molar refractivity (Wildman–Crippen MR) is 104 cm³/mol. The summed E-state index contributed by atoms with van der Waals surface area (Å²) in [5.41, 5.74) is 1.98. The Kier molecular flexibility index (Phi) is 5.13. The number of aryl methyl sites for hydroxylation is 1. The molecule has 0 saturated carbocycles. The second kappa shape index (κ2) is 7.15. The van der Waals surface area contributed by atoms with E-state index in [4.69, 9.17) is 0 Å². The van der Waals surface area contributed by atoms with Crippen LogP contribution in [0.1, 0.15) is 22.3 Å². The number of hydrogen-bond donors (Lipinski definition) is 1. The van der Waals surface area contributed by atoms with Crippen LogP contribution in [0.5, 0.6) is 0 Å². The van der Waals surface area contributed by atoms with Crippen LogP contribution < -0.4 is 5.32 Å². The molecule has 5 nitrogen and oxygen atoms in total. The predicted octanol–water partition coefficient (Wildman–Crippen LogP) is 3.25. The van der Waals surface area contributed by atoms with Gasteiger partial charge < -0.3 is 10.2 Å². The number of aromatic nitrogens is 2. The molecule has 1 atom stereocenters. The minimum Gasteiger partial charge on any atom is -0.335 e. The second-order valence-corrected chi connectivity index (χ2v) is 7.30. The first-order valence-corrected chi connectivity index (χ1v) is 9.02. The molecule has 1 N–H and O–H groups in total. The van der Waals surface area contributed by atoms with Gasteiger partial charge in [0.1, 0.15) is 4.83 Å². The fraction of sp³-hybridized carbons (Fsp3) is 0.333. The SMILES string of the molecule is Cc1nn(-c2ccccc2)c2sc(C(=O)N3CCNC(C)C3)cc12.Cl. The van der Waals surface area contributed by atoms with Gasteiger partial charge in [0, 0.05) is 31.1 Å². The molecule has 1 unspecified atom stereocenters.